The van der Waals surface area contributed by atoms with Crippen molar-refractivity contribution >= 4 is 9.52 Å². The molecule has 0 N–H and O–H groups in total. The number of hydrogen-bond acceptors (Lipinski definition) is 0. The third kappa shape index (κ3) is 5.89. The summed E-state index contributed by atoms with van der Waals surface area (Å²) in [4.78, 5) is 0. The predicted octanol–water partition coefficient (Wildman–Crippen LogP) is 4.26. The lowest BCUT2D eigenvalue weighted by molar-refractivity contribution is 0.884. The Bertz CT molecular complexity index is 392. The fourth-order valence-electron chi connectivity index (χ4n) is 2.48. The molecule has 2 rings (SSSR count). The Morgan fingerprint density at radius 3 is 1.42 bits per heavy atom. The summed E-state index contributed by atoms with van der Waals surface area (Å²) >= 11 is 0. The molecule has 1 heteroatoms. The second-order valence-corrected chi connectivity index (χ2v) is 7.36. The van der Waals surface area contributed by atoms with Crippen molar-refractivity contribution in [3.05, 3.63) is 71.8 Å². The number of hydrogen-bond donors (Lipinski definition) is 0. The van der Waals surface area contributed by atoms with Crippen molar-refractivity contribution in [2.24, 2.45) is 0 Å². The molecule has 2 aromatic carbocycles. The smallest absolute Gasteiger partial charge is 0.0198 e. The summed E-state index contributed by atoms with van der Waals surface area (Å²) in [5, 5.41) is 0. The van der Waals surface area contributed by atoms with Crippen LogP contribution in [0, 0.1) is 0 Å². The van der Waals surface area contributed by atoms with Crippen LogP contribution in [0.3, 0.4) is 0 Å². The highest BCUT2D eigenvalue weighted by Gasteiger charge is 1.95. The van der Waals surface area contributed by atoms with E-state index in [2.05, 4.69) is 60.7 Å². The second kappa shape index (κ2) is 8.71. The van der Waals surface area contributed by atoms with Crippen LogP contribution in [0.15, 0.2) is 60.7 Å². The van der Waals surface area contributed by atoms with Crippen LogP contribution < -0.4 is 0 Å². The lowest BCUT2D eigenvalue weighted by atomic mass is 10.1. The van der Waals surface area contributed by atoms with Crippen LogP contribution in [0.5, 0.6) is 0 Å². The Hall–Kier alpha value is -1.34. The Balaban J connectivity index is 1.49. The van der Waals surface area contributed by atoms with E-state index >= 15 is 0 Å². The van der Waals surface area contributed by atoms with Crippen molar-refractivity contribution in [3.8, 4) is 0 Å². The lowest BCUT2D eigenvalue weighted by Crippen LogP contribution is -1.93. The molecule has 0 atom stereocenters. The molecule has 0 heterocycles. The molecule has 100 valence electrons. The van der Waals surface area contributed by atoms with Crippen molar-refractivity contribution in [3.63, 3.8) is 0 Å². The Labute approximate surface area is 119 Å². The van der Waals surface area contributed by atoms with Gasteiger partial charge >= 0.3 is 0 Å². The average molecular weight is 268 g/mol. The monoisotopic (exact) mass is 268 g/mol. The van der Waals surface area contributed by atoms with E-state index in [1.165, 1.54) is 48.9 Å². The van der Waals surface area contributed by atoms with Gasteiger partial charge in [0.2, 0.25) is 0 Å². The topological polar surface area (TPSA) is 0 Å². The number of benzene rings is 2. The largest absolute Gasteiger partial charge is 0.0625 e. The van der Waals surface area contributed by atoms with Crippen LogP contribution in [-0.2, 0) is 12.8 Å². The van der Waals surface area contributed by atoms with Gasteiger partial charge in [0, 0.05) is 9.52 Å². The van der Waals surface area contributed by atoms with Gasteiger partial charge in [-0.1, -0.05) is 85.6 Å². The summed E-state index contributed by atoms with van der Waals surface area (Å²) in [6, 6.07) is 24.8. The molecule has 0 aliphatic heterocycles. The molecule has 0 aliphatic carbocycles. The quantitative estimate of drug-likeness (QED) is 0.496. The van der Waals surface area contributed by atoms with E-state index < -0.39 is 0 Å². The van der Waals surface area contributed by atoms with E-state index in [1.807, 2.05) is 0 Å². The number of aryl methyl sites for hydroxylation is 2. The maximum absolute atomic E-state index is 2.25. The van der Waals surface area contributed by atoms with Crippen molar-refractivity contribution < 1.29 is 0 Å². The Kier molecular flexibility index (Phi) is 6.45. The molecule has 0 bridgehead atoms. The summed E-state index contributed by atoms with van der Waals surface area (Å²) in [5.74, 6) is 0. The van der Waals surface area contributed by atoms with Gasteiger partial charge in [-0.2, -0.15) is 0 Å². The summed E-state index contributed by atoms with van der Waals surface area (Å²) in [7, 11) is 0.180. The molecule has 0 nitrogen and oxygen atoms in total. The van der Waals surface area contributed by atoms with E-state index in [1.54, 1.807) is 0 Å². The molecule has 19 heavy (non-hydrogen) atoms. The van der Waals surface area contributed by atoms with Crippen LogP contribution in [0.2, 0.25) is 12.1 Å². The normalized spacial score (nSPS) is 10.5. The van der Waals surface area contributed by atoms with Gasteiger partial charge in [0.25, 0.3) is 0 Å². The molecule has 0 saturated heterocycles. The standard InChI is InChI=1S/C18H24Si/c1-3-9-17(10-4-1)13-7-15-19-16-8-14-18-11-5-2-6-12-18/h1-6,9-12H,7-8,13-16,19H2. The molecule has 0 spiro atoms. The minimum atomic E-state index is 0.180. The maximum Gasteiger partial charge on any atom is 0.0198 e. The van der Waals surface area contributed by atoms with Crippen molar-refractivity contribution in [1.29, 1.82) is 0 Å². The fourth-order valence-corrected chi connectivity index (χ4v) is 4.04. The first-order valence-corrected chi connectivity index (χ1v) is 9.53. The van der Waals surface area contributed by atoms with Crippen molar-refractivity contribution in [2.75, 3.05) is 0 Å². The van der Waals surface area contributed by atoms with Crippen LogP contribution in [0.25, 0.3) is 0 Å². The van der Waals surface area contributed by atoms with Gasteiger partial charge < -0.3 is 0 Å². The fraction of sp³-hybridized carbons (Fsp3) is 0.333. The van der Waals surface area contributed by atoms with Crippen LogP contribution in [0.4, 0.5) is 0 Å². The molecule has 0 saturated carbocycles. The first-order chi connectivity index (χ1) is 9.45. The van der Waals surface area contributed by atoms with E-state index in [4.69, 9.17) is 0 Å². The molecule has 0 unspecified atom stereocenters. The second-order valence-electron chi connectivity index (χ2n) is 5.24. The van der Waals surface area contributed by atoms with Crippen LogP contribution in [-0.4, -0.2) is 9.52 Å². The Morgan fingerprint density at radius 2 is 1.00 bits per heavy atom. The third-order valence-electron chi connectivity index (χ3n) is 3.62. The zero-order valence-electron chi connectivity index (χ0n) is 11.7. The molecule has 0 fully saturated rings. The first-order valence-electron chi connectivity index (χ1n) is 7.53. The summed E-state index contributed by atoms with van der Waals surface area (Å²) in [5.41, 5.74) is 3.00. The van der Waals surface area contributed by atoms with E-state index in [0.29, 0.717) is 0 Å². The first kappa shape index (κ1) is 14.1. The molecule has 2 aromatic rings. The highest BCUT2D eigenvalue weighted by Crippen LogP contribution is 2.08. The van der Waals surface area contributed by atoms with Crippen molar-refractivity contribution in [1.82, 2.24) is 0 Å². The van der Waals surface area contributed by atoms with E-state index in [0.717, 1.165) is 0 Å². The van der Waals surface area contributed by atoms with Gasteiger partial charge in [0.05, 0.1) is 0 Å². The molecular formula is C18H24Si. The highest BCUT2D eigenvalue weighted by molar-refractivity contribution is 6.35. The Morgan fingerprint density at radius 1 is 0.579 bits per heavy atom. The van der Waals surface area contributed by atoms with Gasteiger partial charge in [0.15, 0.2) is 0 Å². The van der Waals surface area contributed by atoms with Gasteiger partial charge in [-0.05, 0) is 24.0 Å². The van der Waals surface area contributed by atoms with Gasteiger partial charge in [-0.15, -0.1) is 0 Å². The highest BCUT2D eigenvalue weighted by atomic mass is 28.2. The number of rotatable bonds is 8. The molecule has 0 amide bonds. The van der Waals surface area contributed by atoms with Crippen LogP contribution >= 0.6 is 0 Å². The van der Waals surface area contributed by atoms with Gasteiger partial charge in [-0.3, -0.25) is 0 Å². The minimum absolute atomic E-state index is 0.180. The van der Waals surface area contributed by atoms with E-state index in [9.17, 15) is 0 Å². The molecule has 0 aliphatic rings. The van der Waals surface area contributed by atoms with Gasteiger partial charge in [0.1, 0.15) is 0 Å². The SMILES string of the molecule is c1ccc(CCC[SiH2]CCCc2ccccc2)cc1. The van der Waals surface area contributed by atoms with Crippen LogP contribution in [0.1, 0.15) is 24.0 Å². The molecule has 0 aromatic heterocycles. The lowest BCUT2D eigenvalue weighted by Gasteiger charge is -2.02. The average Bonchev–Trinajstić information content (AvgIpc) is 2.48. The maximum atomic E-state index is 2.25. The van der Waals surface area contributed by atoms with E-state index in [-0.39, 0.29) is 9.52 Å². The predicted molar refractivity (Wildman–Crippen MR) is 87.7 cm³/mol. The summed E-state index contributed by atoms with van der Waals surface area (Å²) in [6.45, 7) is 0. The zero-order valence-corrected chi connectivity index (χ0v) is 13.1. The zero-order chi connectivity index (χ0) is 13.2. The minimum Gasteiger partial charge on any atom is -0.0625 e. The summed E-state index contributed by atoms with van der Waals surface area (Å²) < 4.78 is 0. The van der Waals surface area contributed by atoms with Crippen molar-refractivity contribution in [2.45, 2.75) is 37.8 Å². The van der Waals surface area contributed by atoms with Gasteiger partial charge in [-0.25, -0.2) is 0 Å². The molecular weight excluding hydrogens is 244 g/mol. The molecule has 0 radical (unpaired) electrons. The summed E-state index contributed by atoms with van der Waals surface area (Å²) in [6.07, 6.45) is 5.32. The third-order valence-corrected chi connectivity index (χ3v) is 5.62.